The molecule has 1 saturated heterocycles. The largest absolute Gasteiger partial charge is 0.481 e. The van der Waals surface area contributed by atoms with Crippen LogP contribution in [0.2, 0.25) is 0 Å². The second-order valence-corrected chi connectivity index (χ2v) is 5.54. The Morgan fingerprint density at radius 1 is 1.17 bits per heavy atom. The van der Waals surface area contributed by atoms with E-state index in [1.807, 2.05) is 0 Å². The van der Waals surface area contributed by atoms with E-state index in [1.54, 1.807) is 7.11 Å². The number of carboxylic acids is 1. The Labute approximate surface area is 110 Å². The minimum absolute atomic E-state index is 0.0551. The fraction of sp³-hybridized carbons (Fsp3) is 0.923. The summed E-state index contributed by atoms with van der Waals surface area (Å²) in [5.41, 5.74) is -0.0551. The van der Waals surface area contributed by atoms with Gasteiger partial charge in [-0.3, -0.25) is 4.79 Å². The Morgan fingerprint density at radius 2 is 1.67 bits per heavy atom. The summed E-state index contributed by atoms with van der Waals surface area (Å²) < 4.78 is 5.41. The number of carbonyl (C=O) groups is 1. The summed E-state index contributed by atoms with van der Waals surface area (Å²) in [5.74, 6) is -0.709. The minimum atomic E-state index is -0.709. The molecule has 106 valence electrons. The smallest absolute Gasteiger partial charge is 0.304 e. The number of nitrogens with zero attached hydrogens (tertiary/aromatic N) is 2. The maximum absolute atomic E-state index is 10.5. The van der Waals surface area contributed by atoms with Crippen LogP contribution in [0.5, 0.6) is 0 Å². The zero-order chi connectivity index (χ0) is 13.6. The van der Waals surface area contributed by atoms with Gasteiger partial charge in [0.1, 0.15) is 0 Å². The van der Waals surface area contributed by atoms with E-state index in [-0.39, 0.29) is 12.0 Å². The van der Waals surface area contributed by atoms with E-state index in [4.69, 9.17) is 9.84 Å². The van der Waals surface area contributed by atoms with Crippen molar-refractivity contribution in [3.8, 4) is 0 Å². The molecule has 0 bridgehead atoms. The normalized spacial score (nSPS) is 19.1. The van der Waals surface area contributed by atoms with Crippen molar-refractivity contribution in [3.63, 3.8) is 0 Å². The summed E-state index contributed by atoms with van der Waals surface area (Å²) in [6.45, 7) is 9.94. The van der Waals surface area contributed by atoms with Gasteiger partial charge in [-0.05, 0) is 20.3 Å². The van der Waals surface area contributed by atoms with Crippen molar-refractivity contribution in [3.05, 3.63) is 0 Å². The Morgan fingerprint density at radius 3 is 2.11 bits per heavy atom. The SMILES string of the molecule is COC(C)(C)CCN1CCN(CCC(=O)O)CC1. The number of hydrogen-bond donors (Lipinski definition) is 1. The van der Waals surface area contributed by atoms with E-state index >= 15 is 0 Å². The Kier molecular flexibility index (Phi) is 6.05. The molecule has 1 heterocycles. The fourth-order valence-electron chi connectivity index (χ4n) is 2.02. The molecule has 1 aliphatic heterocycles. The van der Waals surface area contributed by atoms with Crippen molar-refractivity contribution in [1.29, 1.82) is 0 Å². The highest BCUT2D eigenvalue weighted by atomic mass is 16.5. The predicted molar refractivity (Wildman–Crippen MR) is 70.8 cm³/mol. The first-order valence-corrected chi connectivity index (χ1v) is 6.64. The maximum atomic E-state index is 10.5. The third kappa shape index (κ3) is 5.80. The van der Waals surface area contributed by atoms with Crippen molar-refractivity contribution in [2.24, 2.45) is 0 Å². The van der Waals surface area contributed by atoms with Crippen LogP contribution < -0.4 is 0 Å². The molecule has 0 aromatic heterocycles. The average Bonchev–Trinajstić information content (AvgIpc) is 2.35. The van der Waals surface area contributed by atoms with Gasteiger partial charge in [0.15, 0.2) is 0 Å². The summed E-state index contributed by atoms with van der Waals surface area (Å²) in [6.07, 6.45) is 1.27. The van der Waals surface area contributed by atoms with Crippen LogP contribution in [0.15, 0.2) is 0 Å². The number of aliphatic carboxylic acids is 1. The minimum Gasteiger partial charge on any atom is -0.481 e. The predicted octanol–water partition coefficient (Wildman–Crippen LogP) is 0.894. The number of methoxy groups -OCH3 is 1. The van der Waals surface area contributed by atoms with Crippen LogP contribution in [-0.4, -0.2) is 72.9 Å². The molecule has 18 heavy (non-hydrogen) atoms. The first kappa shape index (κ1) is 15.4. The van der Waals surface area contributed by atoms with Crippen LogP contribution in [0.4, 0.5) is 0 Å². The molecule has 1 N–H and O–H groups in total. The number of ether oxygens (including phenoxy) is 1. The highest BCUT2D eigenvalue weighted by Crippen LogP contribution is 2.14. The first-order chi connectivity index (χ1) is 8.43. The lowest BCUT2D eigenvalue weighted by Crippen LogP contribution is -2.47. The molecule has 0 atom stereocenters. The third-order valence-electron chi connectivity index (χ3n) is 3.69. The molecule has 0 unspecified atom stereocenters. The molecular weight excluding hydrogens is 232 g/mol. The van der Waals surface area contributed by atoms with Crippen LogP contribution in [0.3, 0.4) is 0 Å². The van der Waals surface area contributed by atoms with Gasteiger partial charge in [0.05, 0.1) is 12.0 Å². The quantitative estimate of drug-likeness (QED) is 0.735. The monoisotopic (exact) mass is 258 g/mol. The van der Waals surface area contributed by atoms with E-state index in [2.05, 4.69) is 23.6 Å². The fourth-order valence-corrected chi connectivity index (χ4v) is 2.02. The van der Waals surface area contributed by atoms with Gasteiger partial charge in [0.2, 0.25) is 0 Å². The molecule has 0 aromatic rings. The number of rotatable bonds is 7. The summed E-state index contributed by atoms with van der Waals surface area (Å²) in [7, 11) is 1.75. The van der Waals surface area contributed by atoms with Gasteiger partial charge in [-0.15, -0.1) is 0 Å². The van der Waals surface area contributed by atoms with E-state index in [1.165, 1.54) is 0 Å². The van der Waals surface area contributed by atoms with Gasteiger partial charge in [-0.2, -0.15) is 0 Å². The number of piperazine rings is 1. The average molecular weight is 258 g/mol. The topological polar surface area (TPSA) is 53.0 Å². The van der Waals surface area contributed by atoms with E-state index < -0.39 is 5.97 Å². The van der Waals surface area contributed by atoms with Crippen molar-refractivity contribution < 1.29 is 14.6 Å². The molecule has 5 heteroatoms. The lowest BCUT2D eigenvalue weighted by molar-refractivity contribution is -0.137. The first-order valence-electron chi connectivity index (χ1n) is 6.64. The summed E-state index contributed by atoms with van der Waals surface area (Å²) in [4.78, 5) is 15.2. The van der Waals surface area contributed by atoms with Crippen LogP contribution in [0, 0.1) is 0 Å². The van der Waals surface area contributed by atoms with Gasteiger partial charge >= 0.3 is 5.97 Å². The molecule has 1 aliphatic rings. The molecule has 1 rings (SSSR count). The van der Waals surface area contributed by atoms with Crippen LogP contribution in [0.25, 0.3) is 0 Å². The highest BCUT2D eigenvalue weighted by molar-refractivity contribution is 5.66. The lowest BCUT2D eigenvalue weighted by atomic mass is 10.0. The van der Waals surface area contributed by atoms with Gasteiger partial charge in [0, 0.05) is 46.4 Å². The van der Waals surface area contributed by atoms with Gasteiger partial charge in [0.25, 0.3) is 0 Å². The van der Waals surface area contributed by atoms with Gasteiger partial charge in [-0.1, -0.05) is 0 Å². The summed E-state index contributed by atoms with van der Waals surface area (Å²) in [6, 6.07) is 0. The molecule has 0 radical (unpaired) electrons. The van der Waals surface area contributed by atoms with E-state index in [0.717, 1.165) is 39.1 Å². The molecule has 0 saturated carbocycles. The van der Waals surface area contributed by atoms with Crippen molar-refractivity contribution >= 4 is 5.97 Å². The summed E-state index contributed by atoms with van der Waals surface area (Å²) >= 11 is 0. The van der Waals surface area contributed by atoms with Gasteiger partial charge in [-0.25, -0.2) is 0 Å². The van der Waals surface area contributed by atoms with E-state index in [0.29, 0.717) is 6.54 Å². The second kappa shape index (κ2) is 7.07. The molecule has 0 spiro atoms. The summed E-state index contributed by atoms with van der Waals surface area (Å²) in [5, 5.41) is 8.65. The molecule has 0 aromatic carbocycles. The van der Waals surface area contributed by atoms with Gasteiger partial charge < -0.3 is 19.6 Å². The van der Waals surface area contributed by atoms with Crippen LogP contribution in [-0.2, 0) is 9.53 Å². The maximum Gasteiger partial charge on any atom is 0.304 e. The number of hydrogen-bond acceptors (Lipinski definition) is 4. The zero-order valence-corrected chi connectivity index (χ0v) is 11.8. The Hall–Kier alpha value is -0.650. The molecule has 5 nitrogen and oxygen atoms in total. The zero-order valence-electron chi connectivity index (χ0n) is 11.8. The van der Waals surface area contributed by atoms with E-state index in [9.17, 15) is 4.79 Å². The molecular formula is C13H26N2O3. The molecule has 0 amide bonds. The lowest BCUT2D eigenvalue weighted by Gasteiger charge is -2.36. The third-order valence-corrected chi connectivity index (χ3v) is 3.69. The van der Waals surface area contributed by atoms with Crippen LogP contribution in [0.1, 0.15) is 26.7 Å². The second-order valence-electron chi connectivity index (χ2n) is 5.54. The van der Waals surface area contributed by atoms with Crippen molar-refractivity contribution in [1.82, 2.24) is 9.80 Å². The molecule has 0 aliphatic carbocycles. The van der Waals surface area contributed by atoms with Crippen LogP contribution >= 0.6 is 0 Å². The van der Waals surface area contributed by atoms with Crippen molar-refractivity contribution in [2.75, 3.05) is 46.4 Å². The Balaban J connectivity index is 2.17. The standard InChI is InChI=1S/C13H26N2O3/c1-13(2,18-3)5-7-15-10-8-14(9-11-15)6-4-12(16)17/h4-11H2,1-3H3,(H,16,17). The highest BCUT2D eigenvalue weighted by Gasteiger charge is 2.21. The molecule has 1 fully saturated rings. The number of carboxylic acid groups (broad SMARTS) is 1. The Bertz CT molecular complexity index is 261. The van der Waals surface area contributed by atoms with Crippen molar-refractivity contribution in [2.45, 2.75) is 32.3 Å².